The number of nitrogens with zero attached hydrogens (tertiary/aromatic N) is 4. The number of carbonyl (C=O) groups is 4. The fourth-order valence-electron chi connectivity index (χ4n) is 5.18. The molecule has 2 saturated heterocycles. The highest BCUT2D eigenvalue weighted by Crippen LogP contribution is 2.36. The minimum atomic E-state index is -4.87. The highest BCUT2D eigenvalue weighted by molar-refractivity contribution is 6.08. The van der Waals surface area contributed by atoms with E-state index in [1.165, 1.54) is 18.3 Å². The minimum Gasteiger partial charge on any atom is -0.374 e. The number of halogens is 5. The fraction of sp³-hybridized carbons (Fsp3) is 0.414. The quantitative estimate of drug-likeness (QED) is 0.218. The highest BCUT2D eigenvalue weighted by atomic mass is 19.4. The van der Waals surface area contributed by atoms with Crippen LogP contribution < -0.4 is 11.1 Å². The van der Waals surface area contributed by atoms with E-state index in [9.17, 15) is 41.1 Å². The molecule has 2 aromatic rings. The molecule has 16 heteroatoms. The van der Waals surface area contributed by atoms with Gasteiger partial charge in [-0.3, -0.25) is 24.3 Å². The van der Waals surface area contributed by atoms with Crippen molar-refractivity contribution in [1.82, 2.24) is 25.0 Å². The molecule has 11 nitrogen and oxygen atoms in total. The molecule has 0 spiro atoms. The Hall–Kier alpha value is -4.44. The third kappa shape index (κ3) is 7.99. The number of benzene rings is 1. The summed E-state index contributed by atoms with van der Waals surface area (Å²) in [7, 11) is 0. The Bertz CT molecular complexity index is 1460. The summed E-state index contributed by atoms with van der Waals surface area (Å²) < 4.78 is 73.0. The lowest BCUT2D eigenvalue weighted by atomic mass is 9.88. The molecule has 0 radical (unpaired) electrons. The number of piperazine rings is 1. The molecular formula is C29H31F5N6O5. The molecule has 0 aliphatic carbocycles. The average Bonchev–Trinajstić information content (AvgIpc) is 3.16. The van der Waals surface area contributed by atoms with Gasteiger partial charge in [0.05, 0.1) is 19.8 Å². The van der Waals surface area contributed by atoms with Crippen LogP contribution in [0.1, 0.15) is 18.2 Å². The number of aromatic nitrogens is 1. The predicted molar refractivity (Wildman–Crippen MR) is 148 cm³/mol. The molecule has 2 fully saturated rings. The van der Waals surface area contributed by atoms with Gasteiger partial charge in [-0.2, -0.15) is 13.2 Å². The van der Waals surface area contributed by atoms with Crippen molar-refractivity contribution in [3.63, 3.8) is 0 Å². The fourth-order valence-corrected chi connectivity index (χ4v) is 5.18. The molecule has 45 heavy (non-hydrogen) atoms. The third-order valence-electron chi connectivity index (χ3n) is 7.24. The molecule has 3 unspecified atom stereocenters. The zero-order chi connectivity index (χ0) is 32.9. The molecule has 4 rings (SSSR count). The van der Waals surface area contributed by atoms with E-state index in [0.29, 0.717) is 11.8 Å². The summed E-state index contributed by atoms with van der Waals surface area (Å²) in [6.07, 6.45) is -1.28. The number of hydrogen-bond donors (Lipinski definition) is 2. The maximum Gasteiger partial charge on any atom is 0.406 e. The lowest BCUT2D eigenvalue weighted by Gasteiger charge is -2.45. The zero-order valence-corrected chi connectivity index (χ0v) is 24.1. The second-order valence-electron chi connectivity index (χ2n) is 10.8. The smallest absolute Gasteiger partial charge is 0.374 e. The van der Waals surface area contributed by atoms with Crippen LogP contribution in [-0.2, 0) is 32.1 Å². The van der Waals surface area contributed by atoms with Gasteiger partial charge in [-0.25, -0.2) is 13.6 Å². The van der Waals surface area contributed by atoms with Gasteiger partial charge >= 0.3 is 12.2 Å². The van der Waals surface area contributed by atoms with Gasteiger partial charge in [0.1, 0.15) is 29.8 Å². The number of ether oxygens (including phenoxy) is 1. The predicted octanol–water partition coefficient (Wildman–Crippen LogP) is 1.91. The summed E-state index contributed by atoms with van der Waals surface area (Å²) in [6, 6.07) is 4.53. The first-order valence-electron chi connectivity index (χ1n) is 13.8. The number of rotatable bonds is 11. The van der Waals surface area contributed by atoms with Gasteiger partial charge in [0.15, 0.2) is 0 Å². The largest absolute Gasteiger partial charge is 0.406 e. The summed E-state index contributed by atoms with van der Waals surface area (Å²) in [6.45, 7) is -2.06. The van der Waals surface area contributed by atoms with Crippen LogP contribution in [-0.4, -0.2) is 100 Å². The highest BCUT2D eigenvalue weighted by Gasteiger charge is 2.61. The van der Waals surface area contributed by atoms with Gasteiger partial charge in [-0.1, -0.05) is 18.2 Å². The van der Waals surface area contributed by atoms with E-state index in [2.05, 4.69) is 10.3 Å². The molecular weight excluding hydrogens is 607 g/mol. The lowest BCUT2D eigenvalue weighted by molar-refractivity contribution is -0.157. The van der Waals surface area contributed by atoms with Crippen molar-refractivity contribution >= 4 is 23.8 Å². The van der Waals surface area contributed by atoms with E-state index >= 15 is 0 Å². The topological polar surface area (TPSA) is 138 Å². The molecule has 242 valence electrons. The monoisotopic (exact) mass is 638 g/mol. The molecule has 3 N–H and O–H groups in total. The van der Waals surface area contributed by atoms with Crippen molar-refractivity contribution in [1.29, 1.82) is 0 Å². The van der Waals surface area contributed by atoms with Gasteiger partial charge in [-0.15, -0.1) is 0 Å². The van der Waals surface area contributed by atoms with Crippen molar-refractivity contribution in [2.45, 2.75) is 43.8 Å². The maximum absolute atomic E-state index is 14.1. The van der Waals surface area contributed by atoms with E-state index in [4.69, 9.17) is 10.5 Å². The summed E-state index contributed by atoms with van der Waals surface area (Å²) in [5.41, 5.74) is 4.01. The van der Waals surface area contributed by atoms with Crippen molar-refractivity contribution in [2.75, 3.05) is 32.8 Å². The third-order valence-corrected chi connectivity index (χ3v) is 7.24. The van der Waals surface area contributed by atoms with E-state index < -0.39 is 85.5 Å². The number of nitrogens with one attached hydrogen (secondary N) is 1. The van der Waals surface area contributed by atoms with Crippen molar-refractivity contribution in [3.05, 3.63) is 77.6 Å². The van der Waals surface area contributed by atoms with E-state index in [0.717, 1.165) is 28.0 Å². The Kier molecular flexibility index (Phi) is 10.2. The van der Waals surface area contributed by atoms with E-state index in [1.54, 1.807) is 19.1 Å². The number of nitrogens with two attached hydrogens (primary N) is 1. The molecule has 5 amide bonds. The molecule has 3 heterocycles. The van der Waals surface area contributed by atoms with Gasteiger partial charge in [-0.05, 0) is 25.1 Å². The standard InChI is InChI=1S/C29H31F5N6O5/c1-18(35)5-8-24(41)37-23(15-45-14-19-6-7-20(30)12-22(19)31)25(42)38-10-11-40-27(44)39(17-29(32,33)34)26(43)28(40,16-38)13-21-4-2-3-9-36-21/h2-9,12,18,23H,10-11,13-17,35H2,1H3,(H,37,41). The summed E-state index contributed by atoms with van der Waals surface area (Å²) in [4.78, 5) is 59.6. The molecule has 1 aromatic carbocycles. The first-order chi connectivity index (χ1) is 21.2. The van der Waals surface area contributed by atoms with Gasteiger partial charge in [0, 0.05) is 55.1 Å². The number of alkyl halides is 3. The number of carbonyl (C=O) groups excluding carboxylic acids is 4. The molecule has 3 atom stereocenters. The number of fused-ring (bicyclic) bond motifs is 1. The number of hydrogen-bond acceptors (Lipinski definition) is 7. The zero-order valence-electron chi connectivity index (χ0n) is 24.1. The molecule has 2 aliphatic heterocycles. The Labute approximate surface area is 254 Å². The van der Waals surface area contributed by atoms with Crippen LogP contribution in [0.15, 0.2) is 54.7 Å². The second kappa shape index (κ2) is 13.7. The van der Waals surface area contributed by atoms with Crippen molar-refractivity contribution < 1.29 is 45.9 Å². The number of amides is 5. The number of pyridine rings is 1. The number of urea groups is 1. The first kappa shape index (κ1) is 33.5. The van der Waals surface area contributed by atoms with Crippen LogP contribution in [0, 0.1) is 11.6 Å². The maximum atomic E-state index is 14.1. The van der Waals surface area contributed by atoms with Gasteiger partial charge in [0.25, 0.3) is 5.91 Å². The molecule has 1 aromatic heterocycles. The Balaban J connectivity index is 1.60. The van der Waals surface area contributed by atoms with Crippen molar-refractivity contribution in [2.24, 2.45) is 5.73 Å². The first-order valence-corrected chi connectivity index (χ1v) is 13.8. The Morgan fingerprint density at radius 2 is 1.93 bits per heavy atom. The van der Waals surface area contributed by atoms with Crippen LogP contribution in [0.5, 0.6) is 0 Å². The molecule has 2 aliphatic rings. The summed E-state index contributed by atoms with van der Waals surface area (Å²) >= 11 is 0. The summed E-state index contributed by atoms with van der Waals surface area (Å²) in [5.74, 6) is -4.33. The Morgan fingerprint density at radius 3 is 2.58 bits per heavy atom. The normalized spacial score (nSPS) is 20.0. The average molecular weight is 639 g/mol. The Morgan fingerprint density at radius 1 is 1.18 bits per heavy atom. The molecule has 0 saturated carbocycles. The number of imide groups is 1. The van der Waals surface area contributed by atoms with Crippen LogP contribution in [0.25, 0.3) is 0 Å². The van der Waals surface area contributed by atoms with Crippen molar-refractivity contribution in [3.8, 4) is 0 Å². The van der Waals surface area contributed by atoms with Gasteiger partial charge in [0.2, 0.25) is 11.8 Å². The van der Waals surface area contributed by atoms with Crippen LogP contribution in [0.2, 0.25) is 0 Å². The van der Waals surface area contributed by atoms with Crippen LogP contribution in [0.3, 0.4) is 0 Å². The van der Waals surface area contributed by atoms with E-state index in [1.807, 2.05) is 0 Å². The van der Waals surface area contributed by atoms with Gasteiger partial charge < -0.3 is 25.6 Å². The minimum absolute atomic E-state index is 0.0199. The summed E-state index contributed by atoms with van der Waals surface area (Å²) in [5, 5.41) is 2.47. The molecule has 0 bridgehead atoms. The van der Waals surface area contributed by atoms with Crippen LogP contribution in [0.4, 0.5) is 26.7 Å². The SMILES string of the molecule is CC(N)C=CC(=O)NC(COCc1ccc(F)cc1F)C(=O)N1CCN2C(=O)N(CC(F)(F)F)C(=O)C2(Cc2ccccn2)C1. The second-order valence-corrected chi connectivity index (χ2v) is 10.8. The van der Waals surface area contributed by atoms with E-state index in [-0.39, 0.29) is 30.0 Å². The van der Waals surface area contributed by atoms with Crippen LogP contribution >= 0.6 is 0 Å². The lowest BCUT2D eigenvalue weighted by Crippen LogP contribution is -2.67.